The Morgan fingerprint density at radius 3 is 1.77 bits per heavy atom. The quantitative estimate of drug-likeness (QED) is 0.193. The third-order valence-corrected chi connectivity index (χ3v) is 10.3. The van der Waals surface area contributed by atoms with E-state index in [0.717, 1.165) is 44.2 Å². The number of benzene rings is 7. The van der Waals surface area contributed by atoms with Crippen LogP contribution in [0.1, 0.15) is 0 Å². The topological polar surface area (TPSA) is 51.8 Å². The van der Waals surface area contributed by atoms with Crippen LogP contribution in [0.3, 0.4) is 0 Å². The Morgan fingerprint density at radius 1 is 0.375 bits per heavy atom. The van der Waals surface area contributed by atoms with E-state index in [1.165, 1.54) is 37.3 Å². The van der Waals surface area contributed by atoms with Crippen molar-refractivity contribution in [2.24, 2.45) is 0 Å². The van der Waals surface area contributed by atoms with Crippen LogP contribution in [0.4, 0.5) is 0 Å². The molecule has 0 unspecified atom stereocenters. The van der Waals surface area contributed by atoms with Gasteiger partial charge in [0.15, 0.2) is 17.5 Å². The molecule has 5 heteroatoms. The van der Waals surface area contributed by atoms with Crippen LogP contribution >= 0.6 is 11.8 Å². The van der Waals surface area contributed by atoms with Gasteiger partial charge in [-0.25, -0.2) is 15.0 Å². The normalized spacial score (nSPS) is 12.1. The van der Waals surface area contributed by atoms with Gasteiger partial charge in [-0.15, -0.1) is 0 Å². The lowest BCUT2D eigenvalue weighted by atomic mass is 9.91. The first kappa shape index (κ1) is 27.1. The van der Waals surface area contributed by atoms with E-state index in [2.05, 4.69) is 78.9 Å². The Labute approximate surface area is 280 Å². The largest absolute Gasteiger partial charge is 0.456 e. The molecule has 9 aromatic rings. The highest BCUT2D eigenvalue weighted by Gasteiger charge is 2.23. The number of furan rings is 1. The van der Waals surface area contributed by atoms with Crippen LogP contribution in [0.2, 0.25) is 0 Å². The van der Waals surface area contributed by atoms with Gasteiger partial charge in [-0.2, -0.15) is 0 Å². The van der Waals surface area contributed by atoms with E-state index in [4.69, 9.17) is 19.4 Å². The number of fused-ring (bicyclic) bond motifs is 5. The maximum absolute atomic E-state index is 6.26. The minimum atomic E-state index is 0.654. The summed E-state index contributed by atoms with van der Waals surface area (Å²) < 4.78 is 6.26. The molecule has 48 heavy (non-hydrogen) atoms. The number of nitrogens with zero attached hydrogens (tertiary/aromatic N) is 3. The summed E-state index contributed by atoms with van der Waals surface area (Å²) in [5.41, 5.74) is 9.41. The van der Waals surface area contributed by atoms with Gasteiger partial charge in [-0.1, -0.05) is 127 Å². The van der Waals surface area contributed by atoms with Gasteiger partial charge in [0, 0.05) is 42.6 Å². The molecule has 0 aliphatic carbocycles. The molecule has 0 N–H and O–H groups in total. The van der Waals surface area contributed by atoms with Crippen molar-refractivity contribution in [3.63, 3.8) is 0 Å². The van der Waals surface area contributed by atoms with Crippen molar-refractivity contribution in [3.05, 3.63) is 152 Å². The zero-order valence-electron chi connectivity index (χ0n) is 25.6. The summed E-state index contributed by atoms with van der Waals surface area (Å²) in [6.45, 7) is 0. The standard InChI is InChI=1S/C43H25N3OS/c1-3-10-26(11-4-1)41-44-42(27-12-5-2-6-13-27)46-43(45-41)29-19-22-38-35(24-29)34-16-9-15-33-30(21-23-39(48-38)40(33)34)28-18-20-32-31-14-7-8-17-36(31)47-37(32)25-28/h1-25H. The van der Waals surface area contributed by atoms with Crippen molar-refractivity contribution >= 4 is 44.5 Å². The maximum Gasteiger partial charge on any atom is 0.164 e. The molecule has 10 rings (SSSR count). The lowest BCUT2D eigenvalue weighted by Gasteiger charge is -2.22. The summed E-state index contributed by atoms with van der Waals surface area (Å²) >= 11 is 1.82. The van der Waals surface area contributed by atoms with Gasteiger partial charge in [0.2, 0.25) is 0 Å². The van der Waals surface area contributed by atoms with Crippen molar-refractivity contribution in [3.8, 4) is 56.4 Å². The van der Waals surface area contributed by atoms with Crippen molar-refractivity contribution in [1.82, 2.24) is 15.0 Å². The molecule has 1 aliphatic rings. The maximum atomic E-state index is 6.26. The van der Waals surface area contributed by atoms with E-state index in [1.54, 1.807) is 0 Å². The minimum Gasteiger partial charge on any atom is -0.456 e. The molecule has 3 heterocycles. The Kier molecular flexibility index (Phi) is 6.08. The van der Waals surface area contributed by atoms with Gasteiger partial charge >= 0.3 is 0 Å². The smallest absolute Gasteiger partial charge is 0.164 e. The van der Waals surface area contributed by atoms with E-state index in [9.17, 15) is 0 Å². The fourth-order valence-corrected chi connectivity index (χ4v) is 7.96. The summed E-state index contributed by atoms with van der Waals surface area (Å²) in [6.07, 6.45) is 0. The van der Waals surface area contributed by atoms with E-state index >= 15 is 0 Å². The molecule has 224 valence electrons. The highest BCUT2D eigenvalue weighted by atomic mass is 32.2. The molecular formula is C43H25N3OS. The number of rotatable bonds is 4. The van der Waals surface area contributed by atoms with Crippen molar-refractivity contribution in [2.75, 3.05) is 0 Å². The van der Waals surface area contributed by atoms with Gasteiger partial charge < -0.3 is 4.42 Å². The third-order valence-electron chi connectivity index (χ3n) is 9.14. The monoisotopic (exact) mass is 631 g/mol. The van der Waals surface area contributed by atoms with Gasteiger partial charge in [-0.3, -0.25) is 0 Å². The highest BCUT2D eigenvalue weighted by molar-refractivity contribution is 7.99. The van der Waals surface area contributed by atoms with Crippen LogP contribution in [0.5, 0.6) is 0 Å². The van der Waals surface area contributed by atoms with Crippen molar-refractivity contribution < 1.29 is 4.42 Å². The van der Waals surface area contributed by atoms with Crippen LogP contribution in [0.15, 0.2) is 166 Å². The molecule has 4 nitrogen and oxygen atoms in total. The lowest BCUT2D eigenvalue weighted by Crippen LogP contribution is -2.01. The Morgan fingerprint density at radius 2 is 1.00 bits per heavy atom. The predicted molar refractivity (Wildman–Crippen MR) is 196 cm³/mol. The molecule has 0 amide bonds. The van der Waals surface area contributed by atoms with Crippen LogP contribution in [0.25, 0.3) is 89.1 Å². The molecule has 7 aromatic carbocycles. The Balaban J connectivity index is 1.12. The predicted octanol–water partition coefficient (Wildman–Crippen LogP) is 11.7. The average molecular weight is 632 g/mol. The lowest BCUT2D eigenvalue weighted by molar-refractivity contribution is 0.669. The molecule has 0 fully saturated rings. The molecule has 0 saturated carbocycles. The molecular weight excluding hydrogens is 607 g/mol. The van der Waals surface area contributed by atoms with Crippen LogP contribution in [0, 0.1) is 0 Å². The Hall–Kier alpha value is -6.04. The SMILES string of the molecule is c1ccc(-c2nc(-c3ccccc3)nc(-c3ccc4c(c3)-c3cccc5c(-c6ccc7c(c6)oc6ccccc67)ccc(c35)S4)n2)cc1. The summed E-state index contributed by atoms with van der Waals surface area (Å²) in [5.74, 6) is 1.97. The summed E-state index contributed by atoms with van der Waals surface area (Å²) in [6, 6.07) is 52.7. The fourth-order valence-electron chi connectivity index (χ4n) is 6.85. The third kappa shape index (κ3) is 4.36. The van der Waals surface area contributed by atoms with Crippen LogP contribution in [-0.2, 0) is 0 Å². The second-order valence-corrected chi connectivity index (χ2v) is 13.1. The van der Waals surface area contributed by atoms with Gasteiger partial charge in [-0.05, 0) is 64.0 Å². The first-order chi connectivity index (χ1) is 23.8. The molecule has 0 bridgehead atoms. The van der Waals surface area contributed by atoms with E-state index in [1.807, 2.05) is 84.6 Å². The van der Waals surface area contributed by atoms with Crippen LogP contribution < -0.4 is 0 Å². The molecule has 0 atom stereocenters. The first-order valence-electron chi connectivity index (χ1n) is 15.9. The van der Waals surface area contributed by atoms with E-state index < -0.39 is 0 Å². The zero-order valence-corrected chi connectivity index (χ0v) is 26.4. The zero-order chi connectivity index (χ0) is 31.6. The van der Waals surface area contributed by atoms with Crippen molar-refractivity contribution in [2.45, 2.75) is 9.79 Å². The summed E-state index contributed by atoms with van der Waals surface area (Å²) in [5, 5.41) is 4.77. The molecule has 0 spiro atoms. The van der Waals surface area contributed by atoms with Gasteiger partial charge in [0.05, 0.1) is 0 Å². The average Bonchev–Trinajstić information content (AvgIpc) is 3.53. The van der Waals surface area contributed by atoms with Crippen molar-refractivity contribution in [1.29, 1.82) is 0 Å². The number of hydrogen-bond donors (Lipinski definition) is 0. The van der Waals surface area contributed by atoms with Gasteiger partial charge in [0.25, 0.3) is 0 Å². The summed E-state index contributed by atoms with van der Waals surface area (Å²) in [7, 11) is 0. The highest BCUT2D eigenvalue weighted by Crippen LogP contribution is 2.50. The second-order valence-electron chi connectivity index (χ2n) is 12.0. The van der Waals surface area contributed by atoms with E-state index in [0.29, 0.717) is 17.5 Å². The van der Waals surface area contributed by atoms with E-state index in [-0.39, 0.29) is 0 Å². The molecule has 0 radical (unpaired) electrons. The molecule has 2 aromatic heterocycles. The van der Waals surface area contributed by atoms with Gasteiger partial charge in [0.1, 0.15) is 11.2 Å². The first-order valence-corrected chi connectivity index (χ1v) is 16.8. The fraction of sp³-hybridized carbons (Fsp3) is 0. The number of para-hydroxylation sites is 1. The second kappa shape index (κ2) is 10.8. The summed E-state index contributed by atoms with van der Waals surface area (Å²) in [4.78, 5) is 17.4. The molecule has 0 saturated heterocycles. The Bertz CT molecular complexity index is 2640. The van der Waals surface area contributed by atoms with Crippen LogP contribution in [-0.4, -0.2) is 15.0 Å². The number of aromatic nitrogens is 3. The molecule has 1 aliphatic heterocycles. The number of hydrogen-bond acceptors (Lipinski definition) is 5. The minimum absolute atomic E-state index is 0.654.